The van der Waals surface area contributed by atoms with Crippen molar-refractivity contribution in [2.75, 3.05) is 6.54 Å². The van der Waals surface area contributed by atoms with Crippen molar-refractivity contribution >= 4 is 11.8 Å². The first-order valence-electron chi connectivity index (χ1n) is 9.95. The van der Waals surface area contributed by atoms with Crippen molar-refractivity contribution in [3.63, 3.8) is 0 Å². The van der Waals surface area contributed by atoms with E-state index >= 15 is 0 Å². The van der Waals surface area contributed by atoms with Gasteiger partial charge in [-0.25, -0.2) is 17.6 Å². The topological polar surface area (TPSA) is 91.6 Å². The summed E-state index contributed by atoms with van der Waals surface area (Å²) >= 11 is 0. The number of rotatable bonds is 3. The average molecular weight is 453 g/mol. The van der Waals surface area contributed by atoms with Gasteiger partial charge in [-0.2, -0.15) is 0 Å². The van der Waals surface area contributed by atoms with E-state index in [1.807, 2.05) is 0 Å². The molecule has 170 valence electrons. The van der Waals surface area contributed by atoms with E-state index in [-0.39, 0.29) is 18.7 Å². The van der Waals surface area contributed by atoms with Crippen LogP contribution in [0.25, 0.3) is 0 Å². The molecule has 32 heavy (non-hydrogen) atoms. The lowest BCUT2D eigenvalue weighted by Gasteiger charge is -2.37. The molecule has 2 aliphatic heterocycles. The van der Waals surface area contributed by atoms with E-state index in [9.17, 15) is 37.1 Å². The van der Waals surface area contributed by atoms with Crippen LogP contribution in [0.1, 0.15) is 52.2 Å². The number of aromatic nitrogens is 1. The third-order valence-corrected chi connectivity index (χ3v) is 6.04. The average Bonchev–Trinajstić information content (AvgIpc) is 2.85. The first-order valence-corrected chi connectivity index (χ1v) is 9.95. The summed E-state index contributed by atoms with van der Waals surface area (Å²) in [4.78, 5) is 39.3. The maximum atomic E-state index is 14.3. The van der Waals surface area contributed by atoms with Gasteiger partial charge in [0.2, 0.25) is 5.43 Å². The van der Waals surface area contributed by atoms with Crippen LogP contribution in [-0.2, 0) is 6.54 Å². The summed E-state index contributed by atoms with van der Waals surface area (Å²) in [6, 6.07) is -0.311. The number of amides is 2. The number of pyridine rings is 1. The normalized spacial score (nSPS) is 22.3. The largest absolute Gasteiger partial charge is 0.503 e. The quantitative estimate of drug-likeness (QED) is 0.699. The van der Waals surface area contributed by atoms with E-state index < -0.39 is 76.4 Å². The Morgan fingerprint density at radius 1 is 1.19 bits per heavy atom. The lowest BCUT2D eigenvalue weighted by molar-refractivity contribution is 0.0531. The number of halogens is 4. The molecule has 0 radical (unpaired) electrons. The second-order valence-corrected chi connectivity index (χ2v) is 7.95. The van der Waals surface area contributed by atoms with Crippen LogP contribution in [-0.4, -0.2) is 45.1 Å². The Labute approximate surface area is 179 Å². The molecule has 3 heterocycles. The number of carbonyl (C=O) groups is 2. The van der Waals surface area contributed by atoms with Crippen LogP contribution >= 0.6 is 0 Å². The van der Waals surface area contributed by atoms with E-state index in [4.69, 9.17) is 0 Å². The van der Waals surface area contributed by atoms with Gasteiger partial charge in [-0.1, -0.05) is 0 Å². The fourth-order valence-corrected chi connectivity index (χ4v) is 4.19. The molecule has 7 nitrogen and oxygen atoms in total. The highest BCUT2D eigenvalue weighted by molar-refractivity contribution is 5.99. The molecule has 1 fully saturated rings. The maximum absolute atomic E-state index is 14.3. The molecule has 1 aromatic carbocycles. The van der Waals surface area contributed by atoms with Crippen molar-refractivity contribution in [3.05, 3.63) is 62.8 Å². The van der Waals surface area contributed by atoms with E-state index in [0.29, 0.717) is 18.6 Å². The summed E-state index contributed by atoms with van der Waals surface area (Å²) in [5.41, 5.74) is -2.64. The second kappa shape index (κ2) is 7.95. The molecule has 3 unspecified atom stereocenters. The van der Waals surface area contributed by atoms with Gasteiger partial charge in [0, 0.05) is 37.0 Å². The summed E-state index contributed by atoms with van der Waals surface area (Å²) in [7, 11) is 0. The first kappa shape index (κ1) is 21.8. The summed E-state index contributed by atoms with van der Waals surface area (Å²) in [6.45, 7) is 1.00. The SMILES string of the molecule is CC1C(F)CCC2CN1C(=O)c1c(O)c(=O)c(C(=O)NCc3c(F)cc(F)cc3F)cn12. The molecule has 2 aromatic rings. The van der Waals surface area contributed by atoms with Gasteiger partial charge in [0.25, 0.3) is 11.8 Å². The number of nitrogens with zero attached hydrogens (tertiary/aromatic N) is 2. The molecule has 2 aliphatic rings. The zero-order valence-electron chi connectivity index (χ0n) is 16.9. The lowest BCUT2D eigenvalue weighted by Crippen LogP contribution is -2.49. The Hall–Kier alpha value is -3.37. The van der Waals surface area contributed by atoms with Crippen molar-refractivity contribution in [2.24, 2.45) is 0 Å². The summed E-state index contributed by atoms with van der Waals surface area (Å²) in [5, 5.41) is 12.6. The van der Waals surface area contributed by atoms with Gasteiger partial charge in [-0.15, -0.1) is 0 Å². The number of fused-ring (bicyclic) bond motifs is 4. The molecule has 2 bridgehead atoms. The molecule has 1 saturated heterocycles. The standard InChI is InChI=1S/C21H19F4N3O4/c1-9-14(23)3-2-11-7-27(9)21(32)17-19(30)18(29)13(8-28(11)17)20(31)26-6-12-15(24)4-10(22)5-16(12)25/h4-5,8-9,11,14,30H,2-3,6-7H2,1H3,(H,26,31). The number of benzene rings is 1. The van der Waals surface area contributed by atoms with Crippen LogP contribution in [0, 0.1) is 17.5 Å². The van der Waals surface area contributed by atoms with Crippen molar-refractivity contribution in [1.29, 1.82) is 0 Å². The minimum absolute atomic E-state index is 0.142. The predicted molar refractivity (Wildman–Crippen MR) is 104 cm³/mol. The fourth-order valence-electron chi connectivity index (χ4n) is 4.19. The third kappa shape index (κ3) is 3.51. The fraction of sp³-hybridized carbons (Fsp3) is 0.381. The van der Waals surface area contributed by atoms with Gasteiger partial charge in [-0.3, -0.25) is 14.4 Å². The Kier molecular flexibility index (Phi) is 5.43. The molecule has 2 amide bonds. The van der Waals surface area contributed by atoms with Crippen molar-refractivity contribution in [2.45, 2.75) is 44.6 Å². The lowest BCUT2D eigenvalue weighted by atomic mass is 10.1. The zero-order valence-corrected chi connectivity index (χ0v) is 16.9. The molecular weight excluding hydrogens is 434 g/mol. The number of hydrogen-bond donors (Lipinski definition) is 2. The molecular formula is C21H19F4N3O4. The van der Waals surface area contributed by atoms with Gasteiger partial charge < -0.3 is 19.9 Å². The molecule has 2 N–H and O–H groups in total. The third-order valence-electron chi connectivity index (χ3n) is 6.04. The minimum atomic E-state index is -1.28. The molecule has 1 aromatic heterocycles. The highest BCUT2D eigenvalue weighted by Crippen LogP contribution is 2.35. The Balaban J connectivity index is 1.68. The van der Waals surface area contributed by atoms with Crippen LogP contribution in [0.3, 0.4) is 0 Å². The molecule has 4 rings (SSSR count). The van der Waals surface area contributed by atoms with Gasteiger partial charge in [0.15, 0.2) is 11.4 Å². The number of carbonyl (C=O) groups excluding carboxylic acids is 2. The summed E-state index contributed by atoms with van der Waals surface area (Å²) in [6.07, 6.45) is 0.258. The van der Waals surface area contributed by atoms with Crippen LogP contribution in [0.15, 0.2) is 23.1 Å². The number of aromatic hydroxyl groups is 1. The molecule has 0 spiro atoms. The maximum Gasteiger partial charge on any atom is 0.274 e. The monoisotopic (exact) mass is 453 g/mol. The van der Waals surface area contributed by atoms with Crippen LogP contribution in [0.4, 0.5) is 17.6 Å². The number of alkyl halides is 1. The van der Waals surface area contributed by atoms with Gasteiger partial charge in [-0.05, 0) is 19.8 Å². The zero-order chi connectivity index (χ0) is 23.3. The Bertz CT molecular complexity index is 1160. The smallest absolute Gasteiger partial charge is 0.274 e. The Morgan fingerprint density at radius 3 is 2.50 bits per heavy atom. The van der Waals surface area contributed by atoms with E-state index in [1.54, 1.807) is 6.92 Å². The number of hydrogen-bond acceptors (Lipinski definition) is 4. The highest BCUT2D eigenvalue weighted by Gasteiger charge is 2.41. The van der Waals surface area contributed by atoms with Gasteiger partial charge in [0.1, 0.15) is 29.2 Å². The first-order chi connectivity index (χ1) is 15.1. The Morgan fingerprint density at radius 2 is 1.84 bits per heavy atom. The van der Waals surface area contributed by atoms with Gasteiger partial charge >= 0.3 is 0 Å². The summed E-state index contributed by atoms with van der Waals surface area (Å²) in [5.74, 6) is -6.29. The van der Waals surface area contributed by atoms with Crippen LogP contribution in [0.2, 0.25) is 0 Å². The molecule has 11 heteroatoms. The highest BCUT2D eigenvalue weighted by atomic mass is 19.1. The summed E-state index contributed by atoms with van der Waals surface area (Å²) < 4.78 is 56.3. The number of nitrogens with one attached hydrogen (secondary N) is 1. The molecule has 0 saturated carbocycles. The van der Waals surface area contributed by atoms with Crippen LogP contribution in [0.5, 0.6) is 5.75 Å². The van der Waals surface area contributed by atoms with E-state index in [2.05, 4.69) is 5.32 Å². The molecule has 0 aliphatic carbocycles. The van der Waals surface area contributed by atoms with E-state index in [0.717, 1.165) is 6.20 Å². The van der Waals surface area contributed by atoms with Gasteiger partial charge in [0.05, 0.1) is 12.1 Å². The van der Waals surface area contributed by atoms with Crippen molar-refractivity contribution in [1.82, 2.24) is 14.8 Å². The van der Waals surface area contributed by atoms with E-state index in [1.165, 1.54) is 9.47 Å². The van der Waals surface area contributed by atoms with Crippen molar-refractivity contribution in [3.8, 4) is 5.75 Å². The minimum Gasteiger partial charge on any atom is -0.503 e. The van der Waals surface area contributed by atoms with Crippen LogP contribution < -0.4 is 10.7 Å². The van der Waals surface area contributed by atoms with Crippen molar-refractivity contribution < 1.29 is 32.3 Å². The second-order valence-electron chi connectivity index (χ2n) is 7.95. The predicted octanol–water partition coefficient (Wildman–Crippen LogP) is 2.42. The molecule has 3 atom stereocenters.